The van der Waals surface area contributed by atoms with E-state index in [4.69, 9.17) is 4.42 Å². The molecule has 0 aliphatic carbocycles. The number of carboxylic acids is 1. The molecule has 0 radical (unpaired) electrons. The molecule has 0 spiro atoms. The maximum Gasteiger partial charge on any atom is 0.311 e. The molecule has 0 bridgehead atoms. The highest BCUT2D eigenvalue weighted by Crippen LogP contribution is 2.39. The maximum absolute atomic E-state index is 12.9. The molecular weight excluding hydrogens is 320 g/mol. The predicted octanol–water partition coefficient (Wildman–Crippen LogP) is 3.22. The van der Waals surface area contributed by atoms with Gasteiger partial charge in [0.1, 0.15) is 0 Å². The van der Waals surface area contributed by atoms with Crippen molar-refractivity contribution in [2.75, 3.05) is 13.1 Å². The van der Waals surface area contributed by atoms with Crippen molar-refractivity contribution < 1.29 is 19.1 Å². The molecule has 1 amide bonds. The van der Waals surface area contributed by atoms with Crippen LogP contribution >= 0.6 is 0 Å². The van der Waals surface area contributed by atoms with Crippen LogP contribution in [0.1, 0.15) is 36.3 Å². The Kier molecular flexibility index (Phi) is 4.37. The summed E-state index contributed by atoms with van der Waals surface area (Å²) in [6.45, 7) is 6.35. The molecule has 1 aliphatic heterocycles. The highest BCUT2D eigenvalue weighted by molar-refractivity contribution is 5.98. The lowest BCUT2D eigenvalue weighted by Gasteiger charge is -2.28. The van der Waals surface area contributed by atoms with Crippen LogP contribution in [0.5, 0.6) is 0 Å². The van der Waals surface area contributed by atoms with Gasteiger partial charge in [0.05, 0.1) is 5.41 Å². The Morgan fingerprint density at radius 1 is 1.28 bits per heavy atom. The number of likely N-dealkylation sites (tertiary alicyclic amines) is 1. The second-order valence-corrected chi connectivity index (χ2v) is 6.99. The number of nitrogens with zero attached hydrogens (tertiary/aromatic N) is 2. The molecule has 1 unspecified atom stereocenters. The quantitative estimate of drug-likeness (QED) is 0.922. The van der Waals surface area contributed by atoms with Crippen LogP contribution in [-0.4, -0.2) is 40.0 Å². The van der Waals surface area contributed by atoms with E-state index in [0.29, 0.717) is 18.7 Å². The Morgan fingerprint density at radius 2 is 1.96 bits per heavy atom. The third-order valence-electron chi connectivity index (χ3n) is 5.20. The number of aryl methyl sites for hydroxylation is 1. The Bertz CT molecular complexity index is 794. The fourth-order valence-electron chi connectivity index (χ4n) is 3.36. The Balaban J connectivity index is 1.87. The van der Waals surface area contributed by atoms with Gasteiger partial charge in [0, 0.05) is 18.7 Å². The van der Waals surface area contributed by atoms with E-state index in [0.717, 1.165) is 11.1 Å². The van der Waals surface area contributed by atoms with E-state index in [1.807, 2.05) is 45.0 Å². The number of amides is 1. The van der Waals surface area contributed by atoms with E-state index in [1.54, 1.807) is 4.90 Å². The number of benzene rings is 1. The summed E-state index contributed by atoms with van der Waals surface area (Å²) in [5.74, 6) is -0.774. The van der Waals surface area contributed by atoms with Crippen molar-refractivity contribution in [2.45, 2.75) is 27.2 Å². The largest absolute Gasteiger partial charge is 0.481 e. The van der Waals surface area contributed by atoms with Crippen LogP contribution in [-0.2, 0) is 4.79 Å². The number of carbonyl (C=O) groups is 2. The number of hydrogen-bond acceptors (Lipinski definition) is 4. The predicted molar refractivity (Wildman–Crippen MR) is 92.1 cm³/mol. The number of oxazole rings is 1. The summed E-state index contributed by atoms with van der Waals surface area (Å²) in [4.78, 5) is 30.3. The number of aromatic nitrogens is 1. The summed E-state index contributed by atoms with van der Waals surface area (Å²) >= 11 is 0. The summed E-state index contributed by atoms with van der Waals surface area (Å²) in [5.41, 5.74) is 1.22. The average molecular weight is 342 g/mol. The van der Waals surface area contributed by atoms with Crippen molar-refractivity contribution in [1.29, 1.82) is 0 Å². The van der Waals surface area contributed by atoms with E-state index in [-0.39, 0.29) is 24.1 Å². The zero-order chi connectivity index (χ0) is 18.2. The molecule has 1 fully saturated rings. The summed E-state index contributed by atoms with van der Waals surface area (Å²) < 4.78 is 5.44. The van der Waals surface area contributed by atoms with Crippen LogP contribution in [0.25, 0.3) is 11.3 Å². The van der Waals surface area contributed by atoms with Crippen molar-refractivity contribution in [3.05, 3.63) is 41.9 Å². The van der Waals surface area contributed by atoms with Gasteiger partial charge in [0.25, 0.3) is 5.91 Å². The summed E-state index contributed by atoms with van der Waals surface area (Å²) in [6, 6.07) is 7.64. The molecule has 3 rings (SSSR count). The number of carbonyl (C=O) groups excluding carboxylic acids is 1. The van der Waals surface area contributed by atoms with Gasteiger partial charge in [-0.2, -0.15) is 0 Å². The van der Waals surface area contributed by atoms with E-state index < -0.39 is 11.4 Å². The molecule has 0 saturated carbocycles. The molecule has 2 heterocycles. The van der Waals surface area contributed by atoms with Gasteiger partial charge in [-0.1, -0.05) is 43.7 Å². The summed E-state index contributed by atoms with van der Waals surface area (Å²) in [7, 11) is 0. The summed E-state index contributed by atoms with van der Waals surface area (Å²) in [6.07, 6.45) is 1.70. The lowest BCUT2D eigenvalue weighted by Crippen LogP contribution is -2.40. The lowest BCUT2D eigenvalue weighted by atomic mass is 9.76. The van der Waals surface area contributed by atoms with Gasteiger partial charge in [-0.3, -0.25) is 9.59 Å². The molecule has 6 heteroatoms. The molecule has 25 heavy (non-hydrogen) atoms. The Morgan fingerprint density at radius 3 is 2.52 bits per heavy atom. The van der Waals surface area contributed by atoms with Crippen LogP contribution < -0.4 is 0 Å². The van der Waals surface area contributed by atoms with Crippen molar-refractivity contribution in [2.24, 2.45) is 11.3 Å². The van der Waals surface area contributed by atoms with E-state index in [1.165, 1.54) is 6.39 Å². The second kappa shape index (κ2) is 6.35. The van der Waals surface area contributed by atoms with Crippen molar-refractivity contribution in [3.63, 3.8) is 0 Å². The van der Waals surface area contributed by atoms with Gasteiger partial charge < -0.3 is 14.4 Å². The monoisotopic (exact) mass is 342 g/mol. The molecule has 1 aliphatic rings. The molecule has 132 valence electrons. The Hall–Kier alpha value is -2.63. The zero-order valence-corrected chi connectivity index (χ0v) is 14.7. The van der Waals surface area contributed by atoms with Gasteiger partial charge in [0.15, 0.2) is 17.8 Å². The van der Waals surface area contributed by atoms with Gasteiger partial charge in [-0.25, -0.2) is 4.98 Å². The van der Waals surface area contributed by atoms with Crippen LogP contribution in [0.4, 0.5) is 0 Å². The van der Waals surface area contributed by atoms with Gasteiger partial charge in [-0.15, -0.1) is 0 Å². The van der Waals surface area contributed by atoms with Crippen molar-refractivity contribution in [3.8, 4) is 11.3 Å². The summed E-state index contributed by atoms with van der Waals surface area (Å²) in [5, 5.41) is 9.65. The first-order chi connectivity index (χ1) is 11.8. The van der Waals surface area contributed by atoms with Crippen molar-refractivity contribution >= 4 is 11.9 Å². The minimum absolute atomic E-state index is 0.0586. The van der Waals surface area contributed by atoms with Crippen LogP contribution in [0.15, 0.2) is 35.1 Å². The molecule has 1 aromatic carbocycles. The third kappa shape index (κ3) is 2.92. The second-order valence-electron chi connectivity index (χ2n) is 6.99. The van der Waals surface area contributed by atoms with E-state index >= 15 is 0 Å². The highest BCUT2D eigenvalue weighted by Gasteiger charge is 2.49. The highest BCUT2D eigenvalue weighted by atomic mass is 16.4. The zero-order valence-electron chi connectivity index (χ0n) is 14.7. The molecule has 1 saturated heterocycles. The number of aliphatic carboxylic acids is 1. The maximum atomic E-state index is 12.9. The lowest BCUT2D eigenvalue weighted by molar-refractivity contribution is -0.150. The average Bonchev–Trinajstić information content (AvgIpc) is 3.23. The number of carboxylic acid groups (broad SMARTS) is 1. The first-order valence-electron chi connectivity index (χ1n) is 8.38. The van der Waals surface area contributed by atoms with E-state index in [2.05, 4.69) is 4.98 Å². The molecule has 2 aromatic rings. The fraction of sp³-hybridized carbons (Fsp3) is 0.421. The molecule has 1 atom stereocenters. The van der Waals surface area contributed by atoms with Gasteiger partial charge in [0.2, 0.25) is 0 Å². The molecule has 1 N–H and O–H groups in total. The minimum Gasteiger partial charge on any atom is -0.481 e. The van der Waals surface area contributed by atoms with Crippen LogP contribution in [0.3, 0.4) is 0 Å². The third-order valence-corrected chi connectivity index (χ3v) is 5.20. The van der Waals surface area contributed by atoms with Crippen LogP contribution in [0, 0.1) is 18.3 Å². The topological polar surface area (TPSA) is 83.6 Å². The SMILES string of the molecule is Cc1ccc(-c2ocnc2C(=O)N2CCC(C(=O)O)(C(C)C)C2)cc1. The first-order valence-corrected chi connectivity index (χ1v) is 8.38. The molecule has 1 aromatic heterocycles. The molecule has 6 nitrogen and oxygen atoms in total. The minimum atomic E-state index is -0.899. The smallest absolute Gasteiger partial charge is 0.311 e. The molecular formula is C19H22N2O4. The normalized spacial score (nSPS) is 20.2. The van der Waals surface area contributed by atoms with Gasteiger partial charge >= 0.3 is 5.97 Å². The number of rotatable bonds is 4. The van der Waals surface area contributed by atoms with Gasteiger partial charge in [-0.05, 0) is 19.3 Å². The fourth-order valence-corrected chi connectivity index (χ4v) is 3.36. The van der Waals surface area contributed by atoms with E-state index in [9.17, 15) is 14.7 Å². The standard InChI is InChI=1S/C19H22N2O4/c1-12(2)19(18(23)24)8-9-21(10-19)17(22)15-16(25-11-20-15)14-6-4-13(3)5-7-14/h4-7,11-12H,8-10H2,1-3H3,(H,23,24). The first kappa shape index (κ1) is 17.2. The Labute approximate surface area is 146 Å². The van der Waals surface area contributed by atoms with Crippen molar-refractivity contribution in [1.82, 2.24) is 9.88 Å². The number of hydrogen-bond donors (Lipinski definition) is 1. The van der Waals surface area contributed by atoms with Crippen LogP contribution in [0.2, 0.25) is 0 Å².